The number of nitrogens with zero attached hydrogens (tertiary/aromatic N) is 1. The highest BCUT2D eigenvalue weighted by Gasteiger charge is 2.26. The van der Waals surface area contributed by atoms with Gasteiger partial charge in [-0.1, -0.05) is 17.7 Å². The average molecular weight is 391 g/mol. The maximum absolute atomic E-state index is 12.4. The zero-order chi connectivity index (χ0) is 19.4. The predicted octanol–water partition coefficient (Wildman–Crippen LogP) is 2.75. The van der Waals surface area contributed by atoms with Gasteiger partial charge in [0.25, 0.3) is 5.91 Å². The third-order valence-corrected chi connectivity index (χ3v) is 4.35. The monoisotopic (exact) mass is 390 g/mol. The number of anilines is 1. The molecule has 1 aliphatic rings. The van der Waals surface area contributed by atoms with Crippen LogP contribution in [0.25, 0.3) is 0 Å². The molecule has 1 aromatic carbocycles. The first kappa shape index (κ1) is 18.8. The maximum atomic E-state index is 12.4. The number of aromatic nitrogens is 1. The molecule has 3 N–H and O–H groups in total. The van der Waals surface area contributed by atoms with Gasteiger partial charge in [0.1, 0.15) is 23.0 Å². The molecule has 3 rings (SSSR count). The second-order valence-corrected chi connectivity index (χ2v) is 6.21. The fourth-order valence-electron chi connectivity index (χ4n) is 2.77. The van der Waals surface area contributed by atoms with Crippen molar-refractivity contribution in [2.75, 3.05) is 26.1 Å². The van der Waals surface area contributed by atoms with Crippen LogP contribution in [-0.4, -0.2) is 37.7 Å². The number of benzene rings is 1. The van der Waals surface area contributed by atoms with Gasteiger partial charge in [-0.3, -0.25) is 10.1 Å². The smallest absolute Gasteiger partial charge is 0.320 e. The van der Waals surface area contributed by atoms with E-state index in [1.54, 1.807) is 37.4 Å². The molecule has 0 saturated heterocycles. The number of halogens is 1. The number of urea groups is 1. The number of pyridine rings is 1. The number of ether oxygens (including phenoxy) is 2. The quantitative estimate of drug-likeness (QED) is 0.745. The summed E-state index contributed by atoms with van der Waals surface area (Å²) in [5.74, 6) is 1.05. The molecule has 2 aromatic rings. The van der Waals surface area contributed by atoms with Gasteiger partial charge in [0.15, 0.2) is 0 Å². The summed E-state index contributed by atoms with van der Waals surface area (Å²) in [7, 11) is 3.06. The van der Waals surface area contributed by atoms with Crippen LogP contribution in [0.5, 0.6) is 11.5 Å². The summed E-state index contributed by atoms with van der Waals surface area (Å²) in [5, 5.41) is 8.43. The van der Waals surface area contributed by atoms with Crippen LogP contribution < -0.4 is 25.4 Å². The Labute approximate surface area is 161 Å². The minimum Gasteiger partial charge on any atom is -0.497 e. The van der Waals surface area contributed by atoms with E-state index in [0.29, 0.717) is 29.5 Å². The van der Waals surface area contributed by atoms with E-state index < -0.39 is 6.03 Å². The molecule has 142 valence electrons. The summed E-state index contributed by atoms with van der Waals surface area (Å²) < 4.78 is 10.9. The second kappa shape index (κ2) is 8.13. The number of carbonyl (C=O) groups is 2. The fourth-order valence-corrected chi connectivity index (χ4v) is 3.04. The van der Waals surface area contributed by atoms with Gasteiger partial charge in [-0.15, -0.1) is 0 Å². The first-order valence-corrected chi connectivity index (χ1v) is 8.66. The number of hydrogen-bond donors (Lipinski definition) is 3. The SMILES string of the molecule is CNC(=O)c1cccc(NC(=O)N[C@H]2CCOc3c(Cl)cc(OC)cc32)n1. The maximum Gasteiger partial charge on any atom is 0.320 e. The molecular formula is C18H19ClN4O4. The van der Waals surface area contributed by atoms with Crippen LogP contribution in [0.15, 0.2) is 30.3 Å². The molecule has 9 heteroatoms. The Balaban J connectivity index is 1.74. The van der Waals surface area contributed by atoms with Gasteiger partial charge in [-0.05, 0) is 18.2 Å². The van der Waals surface area contributed by atoms with E-state index >= 15 is 0 Å². The highest BCUT2D eigenvalue weighted by Crippen LogP contribution is 2.40. The standard InChI is InChI=1S/C18H19ClN4O4/c1-20-17(24)14-4-3-5-15(21-14)23-18(25)22-13-6-7-27-16-11(13)8-10(26-2)9-12(16)19/h3-5,8-9,13H,6-7H2,1-2H3,(H,20,24)(H2,21,22,23,25)/t13-/m0/s1. The lowest BCUT2D eigenvalue weighted by molar-refractivity contribution is 0.0958. The molecule has 27 heavy (non-hydrogen) atoms. The van der Waals surface area contributed by atoms with Crippen LogP contribution in [0, 0.1) is 0 Å². The van der Waals surface area contributed by atoms with E-state index in [4.69, 9.17) is 21.1 Å². The first-order valence-electron chi connectivity index (χ1n) is 8.28. The van der Waals surface area contributed by atoms with Gasteiger partial charge in [-0.25, -0.2) is 9.78 Å². The molecule has 0 saturated carbocycles. The molecule has 0 unspecified atom stereocenters. The largest absolute Gasteiger partial charge is 0.497 e. The molecule has 8 nitrogen and oxygen atoms in total. The zero-order valence-electron chi connectivity index (χ0n) is 14.8. The van der Waals surface area contributed by atoms with Gasteiger partial charge < -0.3 is 20.1 Å². The van der Waals surface area contributed by atoms with Crippen LogP contribution in [0.1, 0.15) is 28.5 Å². The van der Waals surface area contributed by atoms with Crippen LogP contribution in [0.2, 0.25) is 5.02 Å². The minimum absolute atomic E-state index is 0.211. The number of fused-ring (bicyclic) bond motifs is 1. The normalized spacial score (nSPS) is 15.1. The Hall–Kier alpha value is -3.00. The molecular weight excluding hydrogens is 372 g/mol. The summed E-state index contributed by atoms with van der Waals surface area (Å²) >= 11 is 6.24. The van der Waals surface area contributed by atoms with Crippen LogP contribution in [-0.2, 0) is 0 Å². The Bertz CT molecular complexity index is 874. The topological polar surface area (TPSA) is 102 Å². The number of rotatable bonds is 4. The molecule has 1 atom stereocenters. The molecule has 3 amide bonds. The van der Waals surface area contributed by atoms with Crippen molar-refractivity contribution in [2.45, 2.75) is 12.5 Å². The highest BCUT2D eigenvalue weighted by atomic mass is 35.5. The summed E-state index contributed by atoms with van der Waals surface area (Å²) in [6.07, 6.45) is 0.579. The van der Waals surface area contributed by atoms with Gasteiger partial charge >= 0.3 is 6.03 Å². The first-order chi connectivity index (χ1) is 13.0. The minimum atomic E-state index is -0.451. The number of amides is 3. The van der Waals surface area contributed by atoms with E-state index in [1.165, 1.54) is 7.05 Å². The molecule has 0 spiro atoms. The number of nitrogens with one attached hydrogen (secondary N) is 3. The lowest BCUT2D eigenvalue weighted by atomic mass is 10.0. The van der Waals surface area contributed by atoms with Crippen molar-refractivity contribution in [1.82, 2.24) is 15.6 Å². The molecule has 0 bridgehead atoms. The molecule has 1 aliphatic heterocycles. The van der Waals surface area contributed by atoms with Crippen LogP contribution in [0.3, 0.4) is 0 Å². The lowest BCUT2D eigenvalue weighted by Gasteiger charge is -2.27. The predicted molar refractivity (Wildman–Crippen MR) is 101 cm³/mol. The van der Waals surface area contributed by atoms with Crippen LogP contribution in [0.4, 0.5) is 10.6 Å². The van der Waals surface area contributed by atoms with Crippen molar-refractivity contribution >= 4 is 29.4 Å². The van der Waals surface area contributed by atoms with E-state index in [-0.39, 0.29) is 23.5 Å². The summed E-state index contributed by atoms with van der Waals surface area (Å²) in [5.41, 5.74) is 0.955. The van der Waals surface area contributed by atoms with Crippen molar-refractivity contribution in [3.63, 3.8) is 0 Å². The lowest BCUT2D eigenvalue weighted by Crippen LogP contribution is -2.35. The third-order valence-electron chi connectivity index (χ3n) is 4.07. The van der Waals surface area contributed by atoms with E-state index in [9.17, 15) is 9.59 Å². The Morgan fingerprint density at radius 2 is 2.15 bits per heavy atom. The molecule has 0 aliphatic carbocycles. The fraction of sp³-hybridized carbons (Fsp3) is 0.278. The number of methoxy groups -OCH3 is 1. The highest BCUT2D eigenvalue weighted by molar-refractivity contribution is 6.32. The van der Waals surface area contributed by atoms with Crippen molar-refractivity contribution in [2.24, 2.45) is 0 Å². The number of hydrogen-bond acceptors (Lipinski definition) is 5. The van der Waals surface area contributed by atoms with Crippen molar-refractivity contribution in [1.29, 1.82) is 0 Å². The van der Waals surface area contributed by atoms with Gasteiger partial charge in [-0.2, -0.15) is 0 Å². The molecule has 0 radical (unpaired) electrons. The van der Waals surface area contributed by atoms with Crippen molar-refractivity contribution in [3.05, 3.63) is 46.6 Å². The summed E-state index contributed by atoms with van der Waals surface area (Å²) in [6.45, 7) is 0.425. The summed E-state index contributed by atoms with van der Waals surface area (Å²) in [6, 6.07) is 7.50. The Morgan fingerprint density at radius 3 is 2.89 bits per heavy atom. The van der Waals surface area contributed by atoms with E-state index in [1.807, 2.05) is 0 Å². The third kappa shape index (κ3) is 4.22. The number of carbonyl (C=O) groups excluding carboxylic acids is 2. The molecule has 2 heterocycles. The van der Waals surface area contributed by atoms with Gasteiger partial charge in [0.2, 0.25) is 0 Å². The summed E-state index contributed by atoms with van der Waals surface area (Å²) in [4.78, 5) is 28.2. The van der Waals surface area contributed by atoms with Crippen molar-refractivity contribution in [3.8, 4) is 11.5 Å². The van der Waals surface area contributed by atoms with Gasteiger partial charge in [0, 0.05) is 25.1 Å². The second-order valence-electron chi connectivity index (χ2n) is 5.80. The Morgan fingerprint density at radius 1 is 1.33 bits per heavy atom. The zero-order valence-corrected chi connectivity index (χ0v) is 15.6. The van der Waals surface area contributed by atoms with Crippen LogP contribution >= 0.6 is 11.6 Å². The van der Waals surface area contributed by atoms with Gasteiger partial charge in [0.05, 0.1) is 24.8 Å². The van der Waals surface area contributed by atoms with E-state index in [2.05, 4.69) is 20.9 Å². The van der Waals surface area contributed by atoms with E-state index in [0.717, 1.165) is 5.56 Å². The molecule has 1 aromatic heterocycles. The van der Waals surface area contributed by atoms with Crippen molar-refractivity contribution < 1.29 is 19.1 Å². The Kier molecular flexibility index (Phi) is 5.66. The molecule has 0 fully saturated rings. The average Bonchev–Trinajstić information content (AvgIpc) is 2.68.